The Morgan fingerprint density at radius 1 is 1.69 bits per heavy atom. The Morgan fingerprint density at radius 2 is 2.54 bits per heavy atom. The minimum atomic E-state index is 0.156. The zero-order valence-electron chi connectivity index (χ0n) is 7.43. The van der Waals surface area contributed by atoms with Crippen molar-refractivity contribution in [2.45, 2.75) is 6.54 Å². The Hall–Kier alpha value is -1.36. The van der Waals surface area contributed by atoms with Crippen LogP contribution in [0.5, 0.6) is 0 Å². The fourth-order valence-electron chi connectivity index (χ4n) is 1.39. The van der Waals surface area contributed by atoms with E-state index >= 15 is 0 Å². The van der Waals surface area contributed by atoms with Crippen molar-refractivity contribution >= 4 is 5.91 Å². The Bertz CT molecular complexity index is 296. The molecule has 1 aliphatic rings. The number of likely N-dealkylation sites (N-methyl/N-ethyl adjacent to an activating group) is 1. The molecule has 2 rings (SSSR count). The standard InChI is InChI=1S/C8H11N3O2/c1-10-6-11(5-8(10)12)4-7-2-3-13-9-7/h2-3H,4-6H2,1H3. The van der Waals surface area contributed by atoms with Gasteiger partial charge in [-0.2, -0.15) is 0 Å². The summed E-state index contributed by atoms with van der Waals surface area (Å²) in [6.45, 7) is 1.82. The highest BCUT2D eigenvalue weighted by Gasteiger charge is 2.24. The summed E-state index contributed by atoms with van der Waals surface area (Å²) in [6, 6.07) is 1.81. The molecule has 1 saturated heterocycles. The summed E-state index contributed by atoms with van der Waals surface area (Å²) in [5.74, 6) is 0.156. The number of amides is 1. The molecule has 1 aromatic heterocycles. The molecule has 0 aliphatic carbocycles. The van der Waals surface area contributed by atoms with Crippen molar-refractivity contribution in [1.29, 1.82) is 0 Å². The van der Waals surface area contributed by atoms with Gasteiger partial charge in [0.05, 0.1) is 18.9 Å². The second kappa shape index (κ2) is 3.18. The first-order valence-electron chi connectivity index (χ1n) is 4.11. The first-order chi connectivity index (χ1) is 6.25. The van der Waals surface area contributed by atoms with Crippen LogP contribution in [-0.4, -0.2) is 41.1 Å². The van der Waals surface area contributed by atoms with Gasteiger partial charge in [0, 0.05) is 19.7 Å². The zero-order valence-corrected chi connectivity index (χ0v) is 7.43. The number of nitrogens with zero attached hydrogens (tertiary/aromatic N) is 3. The maximum Gasteiger partial charge on any atom is 0.237 e. The maximum absolute atomic E-state index is 11.2. The smallest absolute Gasteiger partial charge is 0.237 e. The molecule has 5 nitrogen and oxygen atoms in total. The normalized spacial score (nSPS) is 18.5. The van der Waals surface area contributed by atoms with Gasteiger partial charge in [0.25, 0.3) is 0 Å². The molecule has 0 N–H and O–H groups in total. The molecular formula is C8H11N3O2. The Morgan fingerprint density at radius 3 is 3.08 bits per heavy atom. The van der Waals surface area contributed by atoms with Crippen LogP contribution in [0, 0.1) is 0 Å². The van der Waals surface area contributed by atoms with E-state index in [0.717, 1.165) is 5.69 Å². The van der Waals surface area contributed by atoms with Crippen LogP contribution >= 0.6 is 0 Å². The highest BCUT2D eigenvalue weighted by Crippen LogP contribution is 2.08. The van der Waals surface area contributed by atoms with Crippen LogP contribution in [0.1, 0.15) is 5.69 Å². The van der Waals surface area contributed by atoms with E-state index in [9.17, 15) is 4.79 Å². The highest BCUT2D eigenvalue weighted by molar-refractivity contribution is 5.79. The average Bonchev–Trinajstić information content (AvgIpc) is 2.64. The van der Waals surface area contributed by atoms with Crippen LogP contribution in [0.3, 0.4) is 0 Å². The lowest BCUT2D eigenvalue weighted by Crippen LogP contribution is -2.22. The summed E-state index contributed by atoms with van der Waals surface area (Å²) in [6.07, 6.45) is 1.54. The third-order valence-corrected chi connectivity index (χ3v) is 2.07. The van der Waals surface area contributed by atoms with Gasteiger partial charge in [0.2, 0.25) is 5.91 Å². The minimum Gasteiger partial charge on any atom is -0.364 e. The molecule has 1 fully saturated rings. The fourth-order valence-corrected chi connectivity index (χ4v) is 1.39. The quantitative estimate of drug-likeness (QED) is 0.639. The van der Waals surface area contributed by atoms with Crippen LogP contribution < -0.4 is 0 Å². The zero-order chi connectivity index (χ0) is 9.26. The van der Waals surface area contributed by atoms with Gasteiger partial charge >= 0.3 is 0 Å². The molecule has 0 bridgehead atoms. The lowest BCUT2D eigenvalue weighted by Gasteiger charge is -2.11. The number of hydrogen-bond donors (Lipinski definition) is 0. The molecule has 1 aliphatic heterocycles. The maximum atomic E-state index is 11.2. The molecule has 5 heteroatoms. The topological polar surface area (TPSA) is 49.6 Å². The molecular weight excluding hydrogens is 170 g/mol. The van der Waals surface area contributed by atoms with E-state index in [0.29, 0.717) is 19.8 Å². The predicted octanol–water partition coefficient (Wildman–Crippen LogP) is -0.0939. The van der Waals surface area contributed by atoms with Crippen molar-refractivity contribution in [1.82, 2.24) is 15.0 Å². The van der Waals surface area contributed by atoms with E-state index in [1.165, 1.54) is 6.26 Å². The summed E-state index contributed by atoms with van der Waals surface area (Å²) in [5, 5.41) is 3.78. The molecule has 0 atom stereocenters. The molecule has 0 spiro atoms. The lowest BCUT2D eigenvalue weighted by molar-refractivity contribution is -0.125. The molecule has 0 radical (unpaired) electrons. The van der Waals surface area contributed by atoms with Crippen LogP contribution in [0.4, 0.5) is 0 Å². The first kappa shape index (κ1) is 8.25. The fraction of sp³-hybridized carbons (Fsp3) is 0.500. The summed E-state index contributed by atoms with van der Waals surface area (Å²) >= 11 is 0. The summed E-state index contributed by atoms with van der Waals surface area (Å²) in [7, 11) is 1.80. The number of rotatable bonds is 2. The molecule has 0 unspecified atom stereocenters. The van der Waals surface area contributed by atoms with Gasteiger partial charge < -0.3 is 9.42 Å². The van der Waals surface area contributed by atoms with Gasteiger partial charge in [-0.1, -0.05) is 5.16 Å². The second-order valence-electron chi connectivity index (χ2n) is 3.21. The van der Waals surface area contributed by atoms with E-state index in [-0.39, 0.29) is 5.91 Å². The largest absolute Gasteiger partial charge is 0.364 e. The highest BCUT2D eigenvalue weighted by atomic mass is 16.5. The number of carbonyl (C=O) groups is 1. The Kier molecular flexibility index (Phi) is 2.02. The van der Waals surface area contributed by atoms with E-state index in [4.69, 9.17) is 4.52 Å². The molecule has 0 saturated carbocycles. The Labute approximate surface area is 75.9 Å². The lowest BCUT2D eigenvalue weighted by atomic mass is 10.4. The first-order valence-corrected chi connectivity index (χ1v) is 4.11. The number of aromatic nitrogens is 1. The van der Waals surface area contributed by atoms with Crippen LogP contribution in [0.2, 0.25) is 0 Å². The number of hydrogen-bond acceptors (Lipinski definition) is 4. The van der Waals surface area contributed by atoms with E-state index in [1.54, 1.807) is 11.9 Å². The van der Waals surface area contributed by atoms with Crippen molar-refractivity contribution < 1.29 is 9.32 Å². The Balaban J connectivity index is 1.94. The van der Waals surface area contributed by atoms with Gasteiger partial charge in [-0.25, -0.2) is 0 Å². The third-order valence-electron chi connectivity index (χ3n) is 2.07. The summed E-state index contributed by atoms with van der Waals surface area (Å²) < 4.78 is 4.70. The molecule has 2 heterocycles. The van der Waals surface area contributed by atoms with E-state index in [2.05, 4.69) is 5.16 Å². The molecule has 1 aromatic rings. The van der Waals surface area contributed by atoms with Crippen LogP contribution in [0.15, 0.2) is 16.9 Å². The van der Waals surface area contributed by atoms with Gasteiger partial charge in [-0.3, -0.25) is 9.69 Å². The van der Waals surface area contributed by atoms with E-state index < -0.39 is 0 Å². The molecule has 1 amide bonds. The predicted molar refractivity (Wildman–Crippen MR) is 44.6 cm³/mol. The van der Waals surface area contributed by atoms with Gasteiger partial charge in [-0.05, 0) is 0 Å². The van der Waals surface area contributed by atoms with E-state index in [1.807, 2.05) is 11.0 Å². The van der Waals surface area contributed by atoms with Crippen LogP contribution in [-0.2, 0) is 11.3 Å². The van der Waals surface area contributed by atoms with Gasteiger partial charge in [-0.15, -0.1) is 0 Å². The van der Waals surface area contributed by atoms with Crippen molar-refractivity contribution in [3.05, 3.63) is 18.0 Å². The second-order valence-corrected chi connectivity index (χ2v) is 3.21. The number of carbonyl (C=O) groups excluding carboxylic acids is 1. The molecule has 70 valence electrons. The van der Waals surface area contributed by atoms with Crippen LogP contribution in [0.25, 0.3) is 0 Å². The summed E-state index contributed by atoms with van der Waals surface area (Å²) in [5.41, 5.74) is 0.864. The van der Waals surface area contributed by atoms with Gasteiger partial charge in [0.1, 0.15) is 6.26 Å². The van der Waals surface area contributed by atoms with Crippen molar-refractivity contribution in [3.63, 3.8) is 0 Å². The van der Waals surface area contributed by atoms with Crippen molar-refractivity contribution in [3.8, 4) is 0 Å². The van der Waals surface area contributed by atoms with Crippen molar-refractivity contribution in [2.75, 3.05) is 20.3 Å². The van der Waals surface area contributed by atoms with Crippen molar-refractivity contribution in [2.24, 2.45) is 0 Å². The SMILES string of the molecule is CN1CN(Cc2ccon2)CC1=O. The molecule has 13 heavy (non-hydrogen) atoms. The molecule has 0 aromatic carbocycles. The van der Waals surface area contributed by atoms with Gasteiger partial charge in [0.15, 0.2) is 0 Å². The third kappa shape index (κ3) is 1.70. The summed E-state index contributed by atoms with van der Waals surface area (Å²) in [4.78, 5) is 14.9. The average molecular weight is 181 g/mol. The minimum absolute atomic E-state index is 0.156. The monoisotopic (exact) mass is 181 g/mol.